The number of carbonyl (C=O) groups is 1. The first-order valence-corrected chi connectivity index (χ1v) is 11.0. The molecule has 0 aromatic heterocycles. The Bertz CT molecular complexity index is 720. The van der Waals surface area contributed by atoms with Crippen LogP contribution in [0.5, 0.6) is 0 Å². The molecule has 0 aliphatic heterocycles. The molecule has 0 aliphatic carbocycles. The number of carboxylic acids is 1. The van der Waals surface area contributed by atoms with Crippen LogP contribution in [0.1, 0.15) is 83.3 Å². The van der Waals surface area contributed by atoms with Crippen molar-refractivity contribution < 1.29 is 9.90 Å². The molecule has 0 heterocycles. The van der Waals surface area contributed by atoms with Crippen LogP contribution in [-0.4, -0.2) is 11.1 Å². The number of rotatable bonds is 14. The van der Waals surface area contributed by atoms with Crippen molar-refractivity contribution in [3.05, 3.63) is 76.9 Å². The summed E-state index contributed by atoms with van der Waals surface area (Å²) in [6.07, 6.45) is 23.1. The number of carboxylic acid groups (broad SMARTS) is 1. The lowest BCUT2D eigenvalue weighted by Crippen LogP contribution is -1.90. The van der Waals surface area contributed by atoms with Crippen LogP contribution in [0.2, 0.25) is 0 Å². The van der Waals surface area contributed by atoms with Crippen LogP contribution in [0.4, 0.5) is 0 Å². The molecule has 2 heteroatoms. The molecule has 158 valence electrons. The van der Waals surface area contributed by atoms with Crippen molar-refractivity contribution in [2.24, 2.45) is 0 Å². The maximum absolute atomic E-state index is 10.6. The molecule has 0 saturated heterocycles. The Morgan fingerprint density at radius 3 is 2.24 bits per heavy atom. The summed E-state index contributed by atoms with van der Waals surface area (Å²) in [6, 6.07) is 8.63. The van der Waals surface area contributed by atoms with Crippen molar-refractivity contribution in [3.63, 3.8) is 0 Å². The van der Waals surface area contributed by atoms with Gasteiger partial charge >= 0.3 is 5.97 Å². The molecule has 0 amide bonds. The Hall–Kier alpha value is -2.35. The van der Waals surface area contributed by atoms with E-state index in [1.54, 1.807) is 6.92 Å². The van der Waals surface area contributed by atoms with Crippen molar-refractivity contribution in [1.82, 2.24) is 0 Å². The highest BCUT2D eigenvalue weighted by molar-refractivity contribution is 5.81. The maximum Gasteiger partial charge on any atom is 0.328 e. The van der Waals surface area contributed by atoms with Crippen LogP contribution < -0.4 is 0 Å². The zero-order valence-corrected chi connectivity index (χ0v) is 18.5. The van der Waals surface area contributed by atoms with Crippen molar-refractivity contribution in [2.75, 3.05) is 0 Å². The Balaban J connectivity index is 2.50. The van der Waals surface area contributed by atoms with Crippen LogP contribution in [-0.2, 0) is 11.2 Å². The number of aliphatic carboxylic acids is 1. The van der Waals surface area contributed by atoms with Crippen LogP contribution in [0, 0.1) is 0 Å². The third-order valence-corrected chi connectivity index (χ3v) is 4.95. The summed E-state index contributed by atoms with van der Waals surface area (Å²) >= 11 is 0. The van der Waals surface area contributed by atoms with E-state index in [9.17, 15) is 4.79 Å². The van der Waals surface area contributed by atoms with E-state index in [-0.39, 0.29) is 0 Å². The zero-order chi connectivity index (χ0) is 21.3. The first-order chi connectivity index (χ1) is 14.0. The van der Waals surface area contributed by atoms with E-state index in [0.717, 1.165) is 17.6 Å². The topological polar surface area (TPSA) is 37.3 Å². The van der Waals surface area contributed by atoms with E-state index in [1.807, 2.05) is 18.2 Å². The Morgan fingerprint density at radius 2 is 1.55 bits per heavy atom. The lowest BCUT2D eigenvalue weighted by Gasteiger charge is -2.06. The highest BCUT2D eigenvalue weighted by Crippen LogP contribution is 2.16. The summed E-state index contributed by atoms with van der Waals surface area (Å²) < 4.78 is 0. The Labute approximate surface area is 177 Å². The zero-order valence-electron chi connectivity index (χ0n) is 18.5. The predicted molar refractivity (Wildman–Crippen MR) is 126 cm³/mol. The van der Waals surface area contributed by atoms with Gasteiger partial charge in [-0.1, -0.05) is 112 Å². The molecule has 0 aliphatic rings. The highest BCUT2D eigenvalue weighted by atomic mass is 16.4. The number of hydrogen-bond acceptors (Lipinski definition) is 1. The molecule has 0 bridgehead atoms. The van der Waals surface area contributed by atoms with E-state index in [0.29, 0.717) is 0 Å². The normalized spacial score (nSPS) is 12.9. The summed E-state index contributed by atoms with van der Waals surface area (Å²) in [6.45, 7) is 6.10. The number of hydrogen-bond donors (Lipinski definition) is 1. The second-order valence-electron chi connectivity index (χ2n) is 7.75. The van der Waals surface area contributed by atoms with E-state index < -0.39 is 5.97 Å². The summed E-state index contributed by atoms with van der Waals surface area (Å²) in [4.78, 5) is 10.6. The highest BCUT2D eigenvalue weighted by Gasteiger charge is 1.99. The van der Waals surface area contributed by atoms with Crippen LogP contribution in [0.15, 0.2) is 65.8 Å². The molecule has 0 saturated carbocycles. The number of unbranched alkanes of at least 4 members (excludes halogenated alkanes) is 7. The predicted octanol–water partition coefficient (Wildman–Crippen LogP) is 7.92. The van der Waals surface area contributed by atoms with Crippen LogP contribution >= 0.6 is 0 Å². The molecule has 0 spiro atoms. The molecule has 1 N–H and O–H groups in total. The van der Waals surface area contributed by atoms with Gasteiger partial charge in [0.1, 0.15) is 0 Å². The van der Waals surface area contributed by atoms with Gasteiger partial charge in [0.15, 0.2) is 0 Å². The summed E-state index contributed by atoms with van der Waals surface area (Å²) in [5.74, 6) is -0.916. The largest absolute Gasteiger partial charge is 0.478 e. The molecule has 1 rings (SSSR count). The van der Waals surface area contributed by atoms with Crippen LogP contribution in [0.25, 0.3) is 6.08 Å². The van der Waals surface area contributed by atoms with Crippen molar-refractivity contribution in [1.29, 1.82) is 0 Å². The Kier molecular flexibility index (Phi) is 13.2. The third-order valence-electron chi connectivity index (χ3n) is 4.95. The van der Waals surface area contributed by atoms with Gasteiger partial charge in [0.25, 0.3) is 0 Å². The fourth-order valence-corrected chi connectivity index (χ4v) is 3.25. The molecule has 0 unspecified atom stereocenters. The lowest BCUT2D eigenvalue weighted by atomic mass is 9.99. The molecule has 1 aromatic carbocycles. The first kappa shape index (κ1) is 24.7. The smallest absolute Gasteiger partial charge is 0.328 e. The standard InChI is InChI=1S/C27H38O2/c1-4-5-6-7-8-9-10-11-17-25-18-12-13-19-26(25)21-20-23(2)15-14-16-24(3)22-27(28)29/h12-16,18-22H,4-11,17H2,1-3H3,(H,28,29). The minimum atomic E-state index is -0.916. The minimum Gasteiger partial charge on any atom is -0.478 e. The van der Waals surface area contributed by atoms with Crippen molar-refractivity contribution >= 4 is 12.0 Å². The third kappa shape index (κ3) is 12.7. The molecule has 0 fully saturated rings. The van der Waals surface area contributed by atoms with Gasteiger partial charge in [0, 0.05) is 6.08 Å². The van der Waals surface area contributed by atoms with Gasteiger partial charge in [-0.15, -0.1) is 0 Å². The monoisotopic (exact) mass is 394 g/mol. The first-order valence-electron chi connectivity index (χ1n) is 11.0. The fraction of sp³-hybridized carbons (Fsp3) is 0.444. The van der Waals surface area contributed by atoms with Gasteiger partial charge in [0.05, 0.1) is 0 Å². The van der Waals surface area contributed by atoms with Crippen molar-refractivity contribution in [3.8, 4) is 0 Å². The molecule has 2 nitrogen and oxygen atoms in total. The molecular formula is C27H38O2. The second kappa shape index (κ2) is 15.6. The SMILES string of the molecule is CCCCCCCCCCc1ccccc1C=CC(C)=CC=CC(C)=CC(=O)O. The molecule has 1 aromatic rings. The van der Waals surface area contributed by atoms with Gasteiger partial charge in [-0.3, -0.25) is 0 Å². The average Bonchev–Trinajstić information content (AvgIpc) is 2.68. The van der Waals surface area contributed by atoms with Crippen molar-refractivity contribution in [2.45, 2.75) is 78.6 Å². The second-order valence-corrected chi connectivity index (χ2v) is 7.75. The van der Waals surface area contributed by atoms with E-state index in [4.69, 9.17) is 5.11 Å². The Morgan fingerprint density at radius 1 is 0.897 bits per heavy atom. The van der Waals surface area contributed by atoms with Gasteiger partial charge in [-0.25, -0.2) is 4.79 Å². The summed E-state index contributed by atoms with van der Waals surface area (Å²) in [7, 11) is 0. The molecule has 0 atom stereocenters. The van der Waals surface area contributed by atoms with Gasteiger partial charge < -0.3 is 5.11 Å². The minimum absolute atomic E-state index is 0.723. The van der Waals surface area contributed by atoms with Gasteiger partial charge in [-0.05, 0) is 43.4 Å². The lowest BCUT2D eigenvalue weighted by molar-refractivity contribution is -0.131. The number of benzene rings is 1. The molecule has 0 radical (unpaired) electrons. The van der Waals surface area contributed by atoms with Crippen LogP contribution in [0.3, 0.4) is 0 Å². The molecule has 29 heavy (non-hydrogen) atoms. The number of aryl methyl sites for hydroxylation is 1. The van der Waals surface area contributed by atoms with E-state index >= 15 is 0 Å². The van der Waals surface area contributed by atoms with E-state index in [1.165, 1.54) is 68.6 Å². The number of allylic oxidation sites excluding steroid dienone is 6. The van der Waals surface area contributed by atoms with Gasteiger partial charge in [0.2, 0.25) is 0 Å². The quantitative estimate of drug-likeness (QED) is 0.198. The summed E-state index contributed by atoms with van der Waals surface area (Å²) in [5, 5.41) is 8.73. The fourth-order valence-electron chi connectivity index (χ4n) is 3.25. The van der Waals surface area contributed by atoms with E-state index in [2.05, 4.69) is 50.3 Å². The summed E-state index contributed by atoms with van der Waals surface area (Å²) in [5.41, 5.74) is 4.56. The maximum atomic E-state index is 10.6. The average molecular weight is 395 g/mol. The molecular weight excluding hydrogens is 356 g/mol. The van der Waals surface area contributed by atoms with Gasteiger partial charge in [-0.2, -0.15) is 0 Å².